The Kier molecular flexibility index (Phi) is 2.24. The standard InChI is InChI=1S/C13H14O/c1-9(2)11-4-3-10-5-6-13(14)8-12(10)7-11/h3-7,9H,8H2,1-2H3. The summed E-state index contributed by atoms with van der Waals surface area (Å²) < 4.78 is 0. The first-order valence-corrected chi connectivity index (χ1v) is 5.00. The quantitative estimate of drug-likeness (QED) is 0.659. The summed E-state index contributed by atoms with van der Waals surface area (Å²) in [7, 11) is 0. The highest BCUT2D eigenvalue weighted by atomic mass is 16.1. The maximum Gasteiger partial charge on any atom is 0.160 e. The van der Waals surface area contributed by atoms with Crippen molar-refractivity contribution in [1.29, 1.82) is 0 Å². The van der Waals surface area contributed by atoms with Crippen molar-refractivity contribution in [3.05, 3.63) is 41.0 Å². The molecule has 0 amide bonds. The van der Waals surface area contributed by atoms with Gasteiger partial charge in [-0.25, -0.2) is 0 Å². The first-order valence-electron chi connectivity index (χ1n) is 5.00. The molecule has 1 heteroatoms. The number of rotatable bonds is 1. The Morgan fingerprint density at radius 1 is 1.21 bits per heavy atom. The van der Waals surface area contributed by atoms with Gasteiger partial charge in [0.2, 0.25) is 0 Å². The summed E-state index contributed by atoms with van der Waals surface area (Å²) in [6.07, 6.45) is 4.13. The van der Waals surface area contributed by atoms with Gasteiger partial charge >= 0.3 is 0 Å². The summed E-state index contributed by atoms with van der Waals surface area (Å²) in [6.45, 7) is 4.34. The van der Waals surface area contributed by atoms with Crippen LogP contribution in [0.2, 0.25) is 0 Å². The van der Waals surface area contributed by atoms with Gasteiger partial charge in [-0.15, -0.1) is 0 Å². The largest absolute Gasteiger partial charge is 0.294 e. The summed E-state index contributed by atoms with van der Waals surface area (Å²) in [6, 6.07) is 6.40. The van der Waals surface area contributed by atoms with Gasteiger partial charge in [0.25, 0.3) is 0 Å². The van der Waals surface area contributed by atoms with E-state index in [9.17, 15) is 4.79 Å². The number of carbonyl (C=O) groups excluding carboxylic acids is 1. The molecule has 0 spiro atoms. The van der Waals surface area contributed by atoms with Crippen LogP contribution in [0, 0.1) is 0 Å². The van der Waals surface area contributed by atoms with E-state index in [-0.39, 0.29) is 5.78 Å². The first-order chi connectivity index (χ1) is 6.66. The van der Waals surface area contributed by atoms with Gasteiger partial charge in [0.15, 0.2) is 5.78 Å². The van der Waals surface area contributed by atoms with Gasteiger partial charge in [0, 0.05) is 6.42 Å². The minimum Gasteiger partial charge on any atom is -0.294 e. The molecule has 1 aliphatic carbocycles. The Bertz CT molecular complexity index is 400. The number of allylic oxidation sites excluding steroid dienone is 1. The molecule has 0 heterocycles. The smallest absolute Gasteiger partial charge is 0.160 e. The lowest BCUT2D eigenvalue weighted by Gasteiger charge is -2.13. The van der Waals surface area contributed by atoms with E-state index in [4.69, 9.17) is 0 Å². The van der Waals surface area contributed by atoms with E-state index in [2.05, 4.69) is 32.0 Å². The van der Waals surface area contributed by atoms with Crippen LogP contribution in [0.1, 0.15) is 36.5 Å². The third-order valence-electron chi connectivity index (χ3n) is 2.65. The fourth-order valence-electron chi connectivity index (χ4n) is 1.73. The van der Waals surface area contributed by atoms with Gasteiger partial charge in [0.05, 0.1) is 0 Å². The highest BCUT2D eigenvalue weighted by Crippen LogP contribution is 2.22. The average Bonchev–Trinajstić information content (AvgIpc) is 2.16. The number of carbonyl (C=O) groups is 1. The molecule has 1 nitrogen and oxygen atoms in total. The topological polar surface area (TPSA) is 17.1 Å². The molecule has 1 aliphatic rings. The summed E-state index contributed by atoms with van der Waals surface area (Å²) in [4.78, 5) is 11.2. The Morgan fingerprint density at radius 2 is 2.00 bits per heavy atom. The number of hydrogen-bond donors (Lipinski definition) is 0. The zero-order valence-electron chi connectivity index (χ0n) is 8.58. The van der Waals surface area contributed by atoms with E-state index in [0.29, 0.717) is 12.3 Å². The Labute approximate surface area is 84.5 Å². The third-order valence-corrected chi connectivity index (χ3v) is 2.65. The van der Waals surface area contributed by atoms with Crippen molar-refractivity contribution < 1.29 is 4.79 Å². The van der Waals surface area contributed by atoms with E-state index in [1.54, 1.807) is 6.08 Å². The van der Waals surface area contributed by atoms with E-state index in [0.717, 1.165) is 0 Å². The number of fused-ring (bicyclic) bond motifs is 1. The van der Waals surface area contributed by atoms with Gasteiger partial charge in [-0.3, -0.25) is 4.79 Å². The van der Waals surface area contributed by atoms with Crippen LogP contribution in [0.4, 0.5) is 0 Å². The van der Waals surface area contributed by atoms with Crippen LogP contribution in [0.5, 0.6) is 0 Å². The SMILES string of the molecule is CC(C)c1ccc2c(c1)CC(=O)C=C2. The van der Waals surface area contributed by atoms with Crippen LogP contribution in [-0.4, -0.2) is 5.78 Å². The number of ketones is 1. The van der Waals surface area contributed by atoms with Crippen molar-refractivity contribution in [1.82, 2.24) is 0 Å². The van der Waals surface area contributed by atoms with Gasteiger partial charge in [-0.1, -0.05) is 38.1 Å². The molecule has 1 aromatic carbocycles. The molecule has 0 aliphatic heterocycles. The molecular formula is C13H14O. The Hall–Kier alpha value is -1.37. The van der Waals surface area contributed by atoms with Gasteiger partial charge in [-0.2, -0.15) is 0 Å². The number of hydrogen-bond acceptors (Lipinski definition) is 1. The summed E-state index contributed by atoms with van der Waals surface area (Å²) in [5.74, 6) is 0.736. The van der Waals surface area contributed by atoms with Crippen LogP contribution in [0.3, 0.4) is 0 Å². The van der Waals surface area contributed by atoms with Crippen molar-refractivity contribution in [2.45, 2.75) is 26.2 Å². The molecule has 0 N–H and O–H groups in total. The van der Waals surface area contributed by atoms with Crippen molar-refractivity contribution in [3.8, 4) is 0 Å². The fourth-order valence-corrected chi connectivity index (χ4v) is 1.73. The van der Waals surface area contributed by atoms with E-state index in [1.165, 1.54) is 16.7 Å². The molecular weight excluding hydrogens is 172 g/mol. The van der Waals surface area contributed by atoms with E-state index < -0.39 is 0 Å². The fraction of sp³-hybridized carbons (Fsp3) is 0.308. The lowest BCUT2D eigenvalue weighted by molar-refractivity contribution is -0.114. The lowest BCUT2D eigenvalue weighted by Crippen LogP contribution is -2.06. The highest BCUT2D eigenvalue weighted by Gasteiger charge is 2.11. The van der Waals surface area contributed by atoms with Crippen molar-refractivity contribution in [2.75, 3.05) is 0 Å². The molecule has 0 radical (unpaired) electrons. The van der Waals surface area contributed by atoms with Gasteiger partial charge in [-0.05, 0) is 28.7 Å². The molecule has 0 saturated heterocycles. The maximum absolute atomic E-state index is 11.2. The van der Waals surface area contributed by atoms with Gasteiger partial charge in [0.1, 0.15) is 0 Å². The van der Waals surface area contributed by atoms with Crippen LogP contribution in [-0.2, 0) is 11.2 Å². The zero-order chi connectivity index (χ0) is 10.1. The third kappa shape index (κ3) is 1.63. The Morgan fingerprint density at radius 3 is 2.71 bits per heavy atom. The Balaban J connectivity index is 2.44. The van der Waals surface area contributed by atoms with E-state index >= 15 is 0 Å². The average molecular weight is 186 g/mol. The monoisotopic (exact) mass is 186 g/mol. The second-order valence-corrected chi connectivity index (χ2v) is 4.09. The summed E-state index contributed by atoms with van der Waals surface area (Å²) >= 11 is 0. The molecule has 2 rings (SSSR count). The van der Waals surface area contributed by atoms with Crippen molar-refractivity contribution in [3.63, 3.8) is 0 Å². The van der Waals surface area contributed by atoms with Crippen molar-refractivity contribution in [2.24, 2.45) is 0 Å². The first kappa shape index (κ1) is 9.20. The number of benzene rings is 1. The molecule has 14 heavy (non-hydrogen) atoms. The second kappa shape index (κ2) is 3.41. The molecule has 72 valence electrons. The minimum atomic E-state index is 0.207. The normalized spacial score (nSPS) is 14.6. The van der Waals surface area contributed by atoms with Crippen LogP contribution < -0.4 is 0 Å². The highest BCUT2D eigenvalue weighted by molar-refractivity contribution is 5.98. The second-order valence-electron chi connectivity index (χ2n) is 4.09. The molecule has 0 bridgehead atoms. The molecule has 0 aromatic heterocycles. The molecule has 1 aromatic rings. The minimum absolute atomic E-state index is 0.207. The van der Waals surface area contributed by atoms with Crippen LogP contribution in [0.15, 0.2) is 24.3 Å². The predicted octanol–water partition coefficient (Wildman–Crippen LogP) is 2.95. The summed E-state index contributed by atoms with van der Waals surface area (Å²) in [5.41, 5.74) is 3.67. The van der Waals surface area contributed by atoms with E-state index in [1.807, 2.05) is 6.08 Å². The molecule has 0 saturated carbocycles. The molecule has 0 unspecified atom stereocenters. The maximum atomic E-state index is 11.2. The van der Waals surface area contributed by atoms with Crippen LogP contribution >= 0.6 is 0 Å². The molecule has 0 atom stereocenters. The van der Waals surface area contributed by atoms with Crippen LogP contribution in [0.25, 0.3) is 6.08 Å². The predicted molar refractivity (Wildman–Crippen MR) is 58.3 cm³/mol. The summed E-state index contributed by atoms with van der Waals surface area (Å²) in [5, 5.41) is 0. The van der Waals surface area contributed by atoms with Gasteiger partial charge < -0.3 is 0 Å². The lowest BCUT2D eigenvalue weighted by atomic mass is 9.92. The molecule has 0 fully saturated rings. The van der Waals surface area contributed by atoms with Crippen molar-refractivity contribution >= 4 is 11.9 Å². The zero-order valence-corrected chi connectivity index (χ0v) is 8.58.